The number of ether oxygens (including phenoxy) is 1. The van der Waals surface area contributed by atoms with Crippen molar-refractivity contribution >= 4 is 11.8 Å². The van der Waals surface area contributed by atoms with Gasteiger partial charge in [0.1, 0.15) is 18.3 Å². The second-order valence-electron chi connectivity index (χ2n) is 5.42. The second kappa shape index (κ2) is 7.99. The minimum absolute atomic E-state index is 0.265. The maximum absolute atomic E-state index is 12.0. The molecule has 26 heavy (non-hydrogen) atoms. The van der Waals surface area contributed by atoms with Crippen molar-refractivity contribution < 1.29 is 42.9 Å². The molecular weight excluding hydrogens is 367 g/mol. The molecule has 1 saturated heterocycles. The zero-order chi connectivity index (χ0) is 19.5. The average molecular weight is 383 g/mol. The van der Waals surface area contributed by atoms with E-state index in [0.717, 1.165) is 16.8 Å². The van der Waals surface area contributed by atoms with Crippen LogP contribution in [-0.2, 0) is 14.4 Å². The second-order valence-corrected chi connectivity index (χ2v) is 5.42. The summed E-state index contributed by atoms with van der Waals surface area (Å²) in [5.74, 6) is -1.46. The van der Waals surface area contributed by atoms with Gasteiger partial charge >= 0.3 is 17.8 Å². The van der Waals surface area contributed by atoms with Gasteiger partial charge in [0.05, 0.1) is 19.4 Å². The molecule has 0 unspecified atom stereocenters. The van der Waals surface area contributed by atoms with E-state index < -0.39 is 61.8 Å². The van der Waals surface area contributed by atoms with Crippen molar-refractivity contribution in [3.63, 3.8) is 0 Å². The molecule has 1 aliphatic rings. The summed E-state index contributed by atoms with van der Waals surface area (Å²) in [5, 5.41) is 28.5. The fourth-order valence-corrected chi connectivity index (χ4v) is 2.18. The van der Waals surface area contributed by atoms with E-state index in [9.17, 15) is 33.0 Å². The highest BCUT2D eigenvalue weighted by Crippen LogP contribution is 2.28. The molecule has 0 aromatic carbocycles. The van der Waals surface area contributed by atoms with Crippen molar-refractivity contribution in [2.75, 3.05) is 12.1 Å². The molecule has 10 nitrogen and oxygen atoms in total. The van der Waals surface area contributed by atoms with Crippen LogP contribution in [-0.4, -0.2) is 61.9 Å². The molecule has 146 valence electrons. The molecule has 1 fully saturated rings. The van der Waals surface area contributed by atoms with Crippen LogP contribution in [0.15, 0.2) is 17.1 Å². The number of aliphatic hydroxyl groups is 3. The molecule has 4 atom stereocenters. The maximum Gasteiger partial charge on any atom is 0.389 e. The molecule has 0 spiro atoms. The molecule has 0 radical (unpaired) electrons. The van der Waals surface area contributed by atoms with Crippen LogP contribution in [0.2, 0.25) is 0 Å². The Kier molecular flexibility index (Phi) is 6.17. The number of aliphatic hydroxyl groups excluding tert-OH is 3. The van der Waals surface area contributed by atoms with Crippen LogP contribution in [0.1, 0.15) is 19.1 Å². The van der Waals surface area contributed by atoms with Crippen molar-refractivity contribution in [1.82, 2.24) is 9.55 Å². The van der Waals surface area contributed by atoms with E-state index in [0.29, 0.717) is 0 Å². The molecule has 1 aromatic heterocycles. The van der Waals surface area contributed by atoms with Crippen LogP contribution in [0.4, 0.5) is 19.0 Å². The summed E-state index contributed by atoms with van der Waals surface area (Å²) in [6.07, 6.45) is -11.0. The first kappa shape index (κ1) is 20.1. The summed E-state index contributed by atoms with van der Waals surface area (Å²) >= 11 is 0. The average Bonchev–Trinajstić information content (AvgIpc) is 2.85. The van der Waals surface area contributed by atoms with Gasteiger partial charge in [0.2, 0.25) is 0 Å². The predicted molar refractivity (Wildman–Crippen MR) is 76.5 cm³/mol. The Balaban J connectivity index is 1.97. The zero-order valence-electron chi connectivity index (χ0n) is 13.1. The number of hydrogen-bond donors (Lipinski definition) is 4. The first-order valence-electron chi connectivity index (χ1n) is 7.36. The lowest BCUT2D eigenvalue weighted by molar-refractivity contribution is -0.155. The van der Waals surface area contributed by atoms with E-state index in [1.54, 1.807) is 0 Å². The lowest BCUT2D eigenvalue weighted by atomic mass is 10.1. The smallest absolute Gasteiger partial charge is 0.389 e. The van der Waals surface area contributed by atoms with Gasteiger partial charge in [0.25, 0.3) is 0 Å². The fraction of sp³-hybridized carbons (Fsp3) is 0.615. The number of alkyl halides is 3. The summed E-state index contributed by atoms with van der Waals surface area (Å²) in [6, 6.07) is 1.13. The number of halogens is 3. The number of aromatic nitrogens is 2. The molecular formula is C13H16F3N3O7. The lowest BCUT2D eigenvalue weighted by Crippen LogP contribution is -2.36. The number of hydrogen-bond acceptors (Lipinski definition) is 9. The molecule has 4 N–H and O–H groups in total. The number of nitrogens with zero attached hydrogens (tertiary/aromatic N) is 2. The van der Waals surface area contributed by atoms with Crippen LogP contribution in [0.25, 0.3) is 0 Å². The van der Waals surface area contributed by atoms with Crippen LogP contribution in [0.5, 0.6) is 0 Å². The highest BCUT2D eigenvalue weighted by molar-refractivity contribution is 5.70. The van der Waals surface area contributed by atoms with E-state index in [2.05, 4.69) is 9.82 Å². The monoisotopic (exact) mass is 383 g/mol. The Morgan fingerprint density at radius 3 is 2.62 bits per heavy atom. The van der Waals surface area contributed by atoms with Crippen molar-refractivity contribution in [2.45, 2.75) is 43.6 Å². The van der Waals surface area contributed by atoms with Crippen molar-refractivity contribution in [3.05, 3.63) is 22.7 Å². The molecule has 0 bridgehead atoms. The molecule has 1 aliphatic heterocycles. The molecule has 2 heterocycles. The molecule has 13 heteroatoms. The Morgan fingerprint density at radius 2 is 2.08 bits per heavy atom. The highest BCUT2D eigenvalue weighted by atomic mass is 19.4. The van der Waals surface area contributed by atoms with Gasteiger partial charge < -0.3 is 24.9 Å². The lowest BCUT2D eigenvalue weighted by Gasteiger charge is -2.17. The Bertz CT molecular complexity index is 696. The van der Waals surface area contributed by atoms with Crippen molar-refractivity contribution in [2.24, 2.45) is 0 Å². The SMILES string of the molecule is O=C(CCC(F)(F)F)ONc1ccn([C@@H]2O[C@H](CO)[C@@H](O)[C@H]2O)c(=O)n1. The number of anilines is 1. The number of nitrogens with one attached hydrogen (secondary N) is 1. The van der Waals surface area contributed by atoms with Gasteiger partial charge in [-0.3, -0.25) is 4.57 Å². The zero-order valence-corrected chi connectivity index (χ0v) is 13.1. The summed E-state index contributed by atoms with van der Waals surface area (Å²) in [6.45, 7) is -0.579. The largest absolute Gasteiger partial charge is 0.394 e. The molecule has 0 amide bonds. The van der Waals surface area contributed by atoms with Gasteiger partial charge in [-0.25, -0.2) is 15.1 Å². The van der Waals surface area contributed by atoms with Crippen LogP contribution >= 0.6 is 0 Å². The third-order valence-corrected chi connectivity index (χ3v) is 3.50. The van der Waals surface area contributed by atoms with Crippen molar-refractivity contribution in [1.29, 1.82) is 0 Å². The molecule has 1 aromatic rings. The number of rotatable bonds is 6. The number of carbonyl (C=O) groups is 1. The van der Waals surface area contributed by atoms with Crippen LogP contribution in [0.3, 0.4) is 0 Å². The Hall–Kier alpha value is -2.22. The first-order valence-corrected chi connectivity index (χ1v) is 7.36. The molecule has 0 saturated carbocycles. The normalized spacial score (nSPS) is 25.9. The minimum atomic E-state index is -4.50. The molecule has 2 rings (SSSR count). The van der Waals surface area contributed by atoms with Crippen LogP contribution < -0.4 is 11.2 Å². The van der Waals surface area contributed by atoms with Gasteiger partial charge in [0.15, 0.2) is 12.0 Å². The standard InChI is InChI=1S/C13H16F3N3O7/c14-13(15,16)3-1-8(21)26-18-7-2-4-19(12(24)17-7)11-10(23)9(22)6(5-20)25-11/h2,4,6,9-11,20,22-23H,1,3,5H2,(H,17,18,24)/t6-,9-,10-,11-/m1/s1. The van der Waals surface area contributed by atoms with Gasteiger partial charge in [-0.2, -0.15) is 18.2 Å². The first-order chi connectivity index (χ1) is 12.1. The maximum atomic E-state index is 12.0. The van der Waals surface area contributed by atoms with E-state index in [1.807, 2.05) is 5.48 Å². The van der Waals surface area contributed by atoms with E-state index in [-0.39, 0.29) is 5.82 Å². The van der Waals surface area contributed by atoms with Crippen molar-refractivity contribution in [3.8, 4) is 0 Å². The predicted octanol–water partition coefficient (Wildman–Crippen LogP) is -0.933. The minimum Gasteiger partial charge on any atom is -0.394 e. The highest BCUT2D eigenvalue weighted by Gasteiger charge is 2.43. The van der Waals surface area contributed by atoms with E-state index >= 15 is 0 Å². The van der Waals surface area contributed by atoms with Gasteiger partial charge in [0, 0.05) is 12.3 Å². The van der Waals surface area contributed by atoms with Crippen LogP contribution in [0, 0.1) is 0 Å². The summed E-state index contributed by atoms with van der Waals surface area (Å²) in [4.78, 5) is 31.0. The molecule has 0 aliphatic carbocycles. The van der Waals surface area contributed by atoms with E-state index in [4.69, 9.17) is 9.84 Å². The summed E-state index contributed by atoms with van der Waals surface area (Å²) in [7, 11) is 0. The Labute approximate surface area is 143 Å². The Morgan fingerprint density at radius 1 is 1.38 bits per heavy atom. The van der Waals surface area contributed by atoms with E-state index in [1.165, 1.54) is 0 Å². The topological polar surface area (TPSA) is 143 Å². The fourth-order valence-electron chi connectivity index (χ4n) is 2.18. The number of carbonyl (C=O) groups excluding carboxylic acids is 1. The third kappa shape index (κ3) is 4.91. The summed E-state index contributed by atoms with van der Waals surface area (Å²) < 4.78 is 42.0. The third-order valence-electron chi connectivity index (χ3n) is 3.50. The van der Waals surface area contributed by atoms with Gasteiger partial charge in [-0.15, -0.1) is 0 Å². The van der Waals surface area contributed by atoms with Gasteiger partial charge in [-0.1, -0.05) is 0 Å². The summed E-state index contributed by atoms with van der Waals surface area (Å²) in [5.41, 5.74) is 0.983. The quantitative estimate of drug-likeness (QED) is 0.458. The van der Waals surface area contributed by atoms with Gasteiger partial charge in [-0.05, 0) is 0 Å².